The molecule has 1 atom stereocenters. The average molecular weight is 340 g/mol. The van der Waals surface area contributed by atoms with Crippen molar-refractivity contribution in [1.29, 1.82) is 0 Å². The first-order chi connectivity index (χ1) is 9.43. The minimum Gasteiger partial charge on any atom is -0.466 e. The predicted octanol–water partition coefficient (Wildman–Crippen LogP) is 4.61. The van der Waals surface area contributed by atoms with Crippen molar-refractivity contribution < 1.29 is 8.81 Å². The van der Waals surface area contributed by atoms with Crippen LogP contribution in [-0.4, -0.2) is 7.05 Å². The molecule has 0 saturated carbocycles. The minimum atomic E-state index is -0.185. The second kappa shape index (κ2) is 6.10. The van der Waals surface area contributed by atoms with E-state index in [0.29, 0.717) is 12.0 Å². The summed E-state index contributed by atoms with van der Waals surface area (Å²) in [4.78, 5) is 0. The molecule has 1 aromatic carbocycles. The maximum Gasteiger partial charge on any atom is 0.127 e. The molecule has 0 aliphatic heterocycles. The zero-order valence-corrected chi connectivity index (χ0v) is 13.8. The minimum absolute atomic E-state index is 0.0446. The lowest BCUT2D eigenvalue weighted by atomic mass is 9.95. The van der Waals surface area contributed by atoms with Gasteiger partial charge in [0.25, 0.3) is 0 Å². The summed E-state index contributed by atoms with van der Waals surface area (Å²) in [7, 11) is 1.89. The van der Waals surface area contributed by atoms with Crippen molar-refractivity contribution in [1.82, 2.24) is 5.32 Å². The fourth-order valence-electron chi connectivity index (χ4n) is 2.58. The number of halogens is 2. The molecular formula is C16H19BrFNO. The Kier molecular flexibility index (Phi) is 4.66. The predicted molar refractivity (Wildman–Crippen MR) is 82.5 cm³/mol. The summed E-state index contributed by atoms with van der Waals surface area (Å²) < 4.78 is 20.4. The van der Waals surface area contributed by atoms with Crippen molar-refractivity contribution in [2.24, 2.45) is 0 Å². The fraction of sp³-hybridized carbons (Fsp3) is 0.375. The number of aryl methyl sites for hydroxylation is 2. The van der Waals surface area contributed by atoms with E-state index in [1.807, 2.05) is 40.0 Å². The molecule has 2 rings (SSSR count). The number of hydrogen-bond acceptors (Lipinski definition) is 2. The molecule has 0 radical (unpaired) electrons. The Morgan fingerprint density at radius 1 is 1.25 bits per heavy atom. The Morgan fingerprint density at radius 3 is 2.45 bits per heavy atom. The van der Waals surface area contributed by atoms with E-state index in [4.69, 9.17) is 4.42 Å². The van der Waals surface area contributed by atoms with Gasteiger partial charge in [-0.3, -0.25) is 0 Å². The first-order valence-electron chi connectivity index (χ1n) is 6.61. The third kappa shape index (κ3) is 2.96. The van der Waals surface area contributed by atoms with E-state index >= 15 is 0 Å². The number of rotatable bonds is 4. The Hall–Kier alpha value is -1.13. The van der Waals surface area contributed by atoms with Crippen LogP contribution in [0.3, 0.4) is 0 Å². The lowest BCUT2D eigenvalue weighted by Crippen LogP contribution is -2.20. The molecule has 1 unspecified atom stereocenters. The molecule has 0 amide bonds. The molecule has 2 nitrogen and oxygen atoms in total. The number of hydrogen-bond donors (Lipinski definition) is 1. The number of nitrogens with one attached hydrogen (secondary N) is 1. The van der Waals surface area contributed by atoms with Crippen molar-refractivity contribution in [2.75, 3.05) is 7.05 Å². The van der Waals surface area contributed by atoms with Gasteiger partial charge in [-0.05, 0) is 57.5 Å². The van der Waals surface area contributed by atoms with Crippen molar-refractivity contribution >= 4 is 15.9 Å². The van der Waals surface area contributed by atoms with Crippen LogP contribution in [0.15, 0.2) is 27.1 Å². The molecule has 0 spiro atoms. The maximum absolute atomic E-state index is 14.0. The average Bonchev–Trinajstić information content (AvgIpc) is 2.63. The number of furan rings is 1. The lowest BCUT2D eigenvalue weighted by molar-refractivity contribution is 0.487. The molecule has 108 valence electrons. The first kappa shape index (κ1) is 15.3. The SMILES string of the molecule is CNC(Cc1ccc(Br)cc1F)c1c(C)oc(C)c1C. The van der Waals surface area contributed by atoms with E-state index in [1.54, 1.807) is 0 Å². The Labute approximate surface area is 127 Å². The van der Waals surface area contributed by atoms with Crippen LogP contribution >= 0.6 is 15.9 Å². The van der Waals surface area contributed by atoms with Crippen molar-refractivity contribution in [3.63, 3.8) is 0 Å². The number of benzene rings is 1. The molecule has 0 saturated heterocycles. The topological polar surface area (TPSA) is 25.2 Å². The van der Waals surface area contributed by atoms with Crippen LogP contribution in [0.2, 0.25) is 0 Å². The summed E-state index contributed by atoms with van der Waals surface area (Å²) in [5.41, 5.74) is 2.97. The molecule has 20 heavy (non-hydrogen) atoms. The van der Waals surface area contributed by atoms with Gasteiger partial charge in [-0.15, -0.1) is 0 Å². The smallest absolute Gasteiger partial charge is 0.127 e. The highest BCUT2D eigenvalue weighted by Gasteiger charge is 2.21. The van der Waals surface area contributed by atoms with E-state index in [0.717, 1.165) is 27.1 Å². The van der Waals surface area contributed by atoms with E-state index in [1.165, 1.54) is 6.07 Å². The monoisotopic (exact) mass is 339 g/mol. The standard InChI is InChI=1S/C16H19BrFNO/c1-9-10(2)20-11(3)16(9)15(19-4)7-12-5-6-13(17)8-14(12)18/h5-6,8,15,19H,7H2,1-4H3. The summed E-state index contributed by atoms with van der Waals surface area (Å²) >= 11 is 3.28. The van der Waals surface area contributed by atoms with Gasteiger partial charge in [0.05, 0.1) is 0 Å². The van der Waals surface area contributed by atoms with Gasteiger partial charge in [-0.2, -0.15) is 0 Å². The van der Waals surface area contributed by atoms with Gasteiger partial charge < -0.3 is 9.73 Å². The van der Waals surface area contributed by atoms with Crippen LogP contribution in [-0.2, 0) is 6.42 Å². The van der Waals surface area contributed by atoms with Crippen molar-refractivity contribution in [2.45, 2.75) is 33.2 Å². The molecule has 0 aliphatic rings. The van der Waals surface area contributed by atoms with Crippen molar-refractivity contribution in [3.05, 3.63) is 56.7 Å². The highest BCUT2D eigenvalue weighted by Crippen LogP contribution is 2.30. The Balaban J connectivity index is 2.33. The zero-order valence-electron chi connectivity index (χ0n) is 12.2. The normalized spacial score (nSPS) is 12.7. The molecule has 0 fully saturated rings. The van der Waals surface area contributed by atoms with Gasteiger partial charge in [-0.1, -0.05) is 22.0 Å². The third-order valence-electron chi connectivity index (χ3n) is 3.75. The summed E-state index contributed by atoms with van der Waals surface area (Å²) in [6.45, 7) is 5.96. The molecule has 1 aromatic heterocycles. The van der Waals surface area contributed by atoms with Gasteiger partial charge in [0.15, 0.2) is 0 Å². The third-order valence-corrected chi connectivity index (χ3v) is 4.25. The van der Waals surface area contributed by atoms with E-state index < -0.39 is 0 Å². The zero-order chi connectivity index (χ0) is 14.9. The largest absolute Gasteiger partial charge is 0.466 e. The molecule has 0 aliphatic carbocycles. The summed E-state index contributed by atoms with van der Waals surface area (Å²) in [6, 6.07) is 5.23. The van der Waals surface area contributed by atoms with Crippen LogP contribution in [0.5, 0.6) is 0 Å². The van der Waals surface area contributed by atoms with E-state index in [9.17, 15) is 4.39 Å². The van der Waals surface area contributed by atoms with Crippen LogP contribution in [0, 0.1) is 26.6 Å². The molecule has 2 aromatic rings. The van der Waals surface area contributed by atoms with Crippen molar-refractivity contribution in [3.8, 4) is 0 Å². The van der Waals surface area contributed by atoms with Gasteiger partial charge in [0, 0.05) is 16.1 Å². The summed E-state index contributed by atoms with van der Waals surface area (Å²) in [5.74, 6) is 1.64. The van der Waals surface area contributed by atoms with Gasteiger partial charge in [0.1, 0.15) is 17.3 Å². The van der Waals surface area contributed by atoms with Crippen LogP contribution in [0.1, 0.15) is 34.3 Å². The molecule has 0 bridgehead atoms. The second-order valence-electron chi connectivity index (χ2n) is 5.03. The van der Waals surface area contributed by atoms with Gasteiger partial charge in [0.2, 0.25) is 0 Å². The lowest BCUT2D eigenvalue weighted by Gasteiger charge is -2.17. The van der Waals surface area contributed by atoms with E-state index in [2.05, 4.69) is 21.2 Å². The van der Waals surface area contributed by atoms with Gasteiger partial charge >= 0.3 is 0 Å². The first-order valence-corrected chi connectivity index (χ1v) is 7.41. The Morgan fingerprint density at radius 2 is 1.95 bits per heavy atom. The van der Waals surface area contributed by atoms with E-state index in [-0.39, 0.29) is 11.9 Å². The van der Waals surface area contributed by atoms with Crippen LogP contribution < -0.4 is 5.32 Å². The summed E-state index contributed by atoms with van der Waals surface area (Å²) in [6.07, 6.45) is 0.594. The Bertz CT molecular complexity index is 621. The van der Waals surface area contributed by atoms with Gasteiger partial charge in [-0.25, -0.2) is 4.39 Å². The highest BCUT2D eigenvalue weighted by molar-refractivity contribution is 9.10. The van der Waals surface area contributed by atoms with Crippen LogP contribution in [0.4, 0.5) is 4.39 Å². The molecular weight excluding hydrogens is 321 g/mol. The van der Waals surface area contributed by atoms with Crippen LogP contribution in [0.25, 0.3) is 0 Å². The summed E-state index contributed by atoms with van der Waals surface area (Å²) in [5, 5.41) is 3.27. The maximum atomic E-state index is 14.0. The fourth-order valence-corrected chi connectivity index (χ4v) is 2.91. The quantitative estimate of drug-likeness (QED) is 0.879. The highest BCUT2D eigenvalue weighted by atomic mass is 79.9. The molecule has 4 heteroatoms. The molecule has 1 N–H and O–H groups in total. The molecule has 1 heterocycles. The second-order valence-corrected chi connectivity index (χ2v) is 5.95. The number of likely N-dealkylation sites (N-methyl/N-ethyl adjacent to an activating group) is 1.